The SMILES string of the molecule is O=c1cc(-[n+]2cccc(O)c2)[nH]c(=O)[nH]1. The zero-order valence-electron chi connectivity index (χ0n) is 7.60. The molecular weight excluding hydrogens is 198 g/mol. The van der Waals surface area contributed by atoms with Crippen LogP contribution in [0.2, 0.25) is 0 Å². The largest absolute Gasteiger partial charge is 0.504 e. The van der Waals surface area contributed by atoms with Gasteiger partial charge in [-0.05, 0) is 12.1 Å². The van der Waals surface area contributed by atoms with Crippen molar-refractivity contribution in [1.29, 1.82) is 0 Å². The summed E-state index contributed by atoms with van der Waals surface area (Å²) in [6.45, 7) is 0. The minimum atomic E-state index is -0.589. The summed E-state index contributed by atoms with van der Waals surface area (Å²) in [5, 5.41) is 9.21. The lowest BCUT2D eigenvalue weighted by Gasteiger charge is -1.96. The number of rotatable bonds is 1. The average molecular weight is 206 g/mol. The van der Waals surface area contributed by atoms with Crippen LogP contribution < -0.4 is 15.8 Å². The summed E-state index contributed by atoms with van der Waals surface area (Å²) in [5.74, 6) is 0.332. The maximum Gasteiger partial charge on any atom is 0.413 e. The van der Waals surface area contributed by atoms with Crippen LogP contribution in [0, 0.1) is 0 Å². The minimum absolute atomic E-state index is 0.0404. The molecule has 2 rings (SSSR count). The molecule has 2 aromatic heterocycles. The maximum atomic E-state index is 11.0. The van der Waals surface area contributed by atoms with Gasteiger partial charge in [0.15, 0.2) is 5.75 Å². The van der Waals surface area contributed by atoms with Crippen LogP contribution in [0.1, 0.15) is 0 Å². The van der Waals surface area contributed by atoms with Crippen LogP contribution in [0.5, 0.6) is 5.75 Å². The van der Waals surface area contributed by atoms with Crippen LogP contribution in [0.15, 0.2) is 40.2 Å². The van der Waals surface area contributed by atoms with Gasteiger partial charge in [-0.3, -0.25) is 9.78 Å². The Morgan fingerprint density at radius 3 is 2.73 bits per heavy atom. The molecule has 76 valence electrons. The Balaban J connectivity index is 2.64. The molecule has 0 spiro atoms. The second kappa shape index (κ2) is 3.41. The zero-order valence-corrected chi connectivity index (χ0v) is 7.60. The van der Waals surface area contributed by atoms with E-state index in [-0.39, 0.29) is 5.75 Å². The molecule has 0 aliphatic rings. The van der Waals surface area contributed by atoms with Crippen LogP contribution >= 0.6 is 0 Å². The summed E-state index contributed by atoms with van der Waals surface area (Å²) in [7, 11) is 0. The Labute approximate surface area is 83.5 Å². The van der Waals surface area contributed by atoms with Crippen LogP contribution in [-0.4, -0.2) is 15.1 Å². The second-order valence-corrected chi connectivity index (χ2v) is 2.94. The number of aromatic hydroxyl groups is 1. The van der Waals surface area contributed by atoms with E-state index in [1.165, 1.54) is 22.9 Å². The third-order valence-corrected chi connectivity index (χ3v) is 1.81. The van der Waals surface area contributed by atoms with Gasteiger partial charge in [0, 0.05) is 0 Å². The van der Waals surface area contributed by atoms with Crippen molar-refractivity contribution in [2.75, 3.05) is 0 Å². The van der Waals surface area contributed by atoms with E-state index in [1.54, 1.807) is 12.3 Å². The van der Waals surface area contributed by atoms with Gasteiger partial charge in [0.1, 0.15) is 6.20 Å². The average Bonchev–Trinajstić information content (AvgIpc) is 2.16. The molecule has 0 aliphatic carbocycles. The molecule has 15 heavy (non-hydrogen) atoms. The fourth-order valence-electron chi connectivity index (χ4n) is 1.21. The van der Waals surface area contributed by atoms with Crippen molar-refractivity contribution in [3.8, 4) is 11.6 Å². The molecule has 0 radical (unpaired) electrons. The number of hydrogen-bond donors (Lipinski definition) is 3. The third kappa shape index (κ3) is 1.93. The summed E-state index contributed by atoms with van der Waals surface area (Å²) in [5.41, 5.74) is -1.09. The van der Waals surface area contributed by atoms with E-state index < -0.39 is 11.2 Å². The molecule has 6 heteroatoms. The Morgan fingerprint density at radius 1 is 1.27 bits per heavy atom. The Bertz CT molecular complexity index is 572. The molecule has 0 amide bonds. The molecule has 2 heterocycles. The van der Waals surface area contributed by atoms with Gasteiger partial charge in [0.25, 0.3) is 11.4 Å². The quantitative estimate of drug-likeness (QED) is 0.525. The molecule has 0 aromatic carbocycles. The topological polar surface area (TPSA) is 89.8 Å². The molecule has 6 nitrogen and oxygen atoms in total. The Morgan fingerprint density at radius 2 is 2.07 bits per heavy atom. The fraction of sp³-hybridized carbons (Fsp3) is 0. The van der Waals surface area contributed by atoms with E-state index >= 15 is 0 Å². The predicted molar refractivity (Wildman–Crippen MR) is 50.9 cm³/mol. The van der Waals surface area contributed by atoms with E-state index in [9.17, 15) is 14.7 Å². The summed E-state index contributed by atoms with van der Waals surface area (Å²) >= 11 is 0. The second-order valence-electron chi connectivity index (χ2n) is 2.94. The smallest absolute Gasteiger partial charge is 0.413 e. The van der Waals surface area contributed by atoms with Crippen molar-refractivity contribution in [3.05, 3.63) is 51.4 Å². The van der Waals surface area contributed by atoms with Crippen molar-refractivity contribution in [2.45, 2.75) is 0 Å². The Kier molecular flexibility index (Phi) is 2.09. The first-order valence-corrected chi connectivity index (χ1v) is 4.19. The zero-order chi connectivity index (χ0) is 10.8. The van der Waals surface area contributed by atoms with Crippen molar-refractivity contribution in [3.63, 3.8) is 0 Å². The summed E-state index contributed by atoms with van der Waals surface area (Å²) < 4.78 is 1.44. The maximum absolute atomic E-state index is 11.0. The van der Waals surface area contributed by atoms with Gasteiger partial charge in [-0.2, -0.15) is 4.98 Å². The molecule has 0 atom stereocenters. The van der Waals surface area contributed by atoms with Crippen molar-refractivity contribution >= 4 is 0 Å². The van der Waals surface area contributed by atoms with E-state index in [1.807, 2.05) is 0 Å². The molecule has 3 N–H and O–H groups in total. The molecule has 0 aliphatic heterocycles. The molecule has 0 bridgehead atoms. The number of H-pyrrole nitrogens is 2. The van der Waals surface area contributed by atoms with Crippen LogP contribution in [-0.2, 0) is 0 Å². The lowest BCUT2D eigenvalue weighted by molar-refractivity contribution is -0.600. The van der Waals surface area contributed by atoms with Crippen molar-refractivity contribution in [2.24, 2.45) is 0 Å². The monoisotopic (exact) mass is 206 g/mol. The van der Waals surface area contributed by atoms with Crippen LogP contribution in [0.4, 0.5) is 0 Å². The number of hydrogen-bond acceptors (Lipinski definition) is 3. The number of nitrogens with zero attached hydrogens (tertiary/aromatic N) is 1. The van der Waals surface area contributed by atoms with Crippen LogP contribution in [0.25, 0.3) is 5.82 Å². The summed E-state index contributed by atoms with van der Waals surface area (Å²) in [6, 6.07) is 4.30. The first-order chi connectivity index (χ1) is 7.15. The summed E-state index contributed by atoms with van der Waals surface area (Å²) in [4.78, 5) is 26.5. The standard InChI is InChI=1S/C9H7N3O3/c13-6-2-1-3-12(5-6)7-4-8(14)11-9(15)10-7/h1-5H,(H2-,10,11,13,14,15)/p+1. The van der Waals surface area contributed by atoms with Gasteiger partial charge < -0.3 is 5.11 Å². The molecule has 2 aromatic rings. The highest BCUT2D eigenvalue weighted by Crippen LogP contribution is 2.01. The molecule has 0 saturated carbocycles. The molecular formula is C9H8N3O3+. The van der Waals surface area contributed by atoms with E-state index in [4.69, 9.17) is 0 Å². The molecule has 0 fully saturated rings. The van der Waals surface area contributed by atoms with Crippen molar-refractivity contribution in [1.82, 2.24) is 9.97 Å². The summed E-state index contributed by atoms with van der Waals surface area (Å²) in [6.07, 6.45) is 2.98. The van der Waals surface area contributed by atoms with Gasteiger partial charge in [-0.15, -0.1) is 0 Å². The van der Waals surface area contributed by atoms with Gasteiger partial charge in [-0.25, -0.2) is 9.36 Å². The normalized spacial score (nSPS) is 10.1. The third-order valence-electron chi connectivity index (χ3n) is 1.81. The van der Waals surface area contributed by atoms with Crippen molar-refractivity contribution < 1.29 is 9.67 Å². The van der Waals surface area contributed by atoms with E-state index in [0.29, 0.717) is 5.82 Å². The first kappa shape index (κ1) is 9.20. The minimum Gasteiger partial charge on any atom is -0.504 e. The van der Waals surface area contributed by atoms with Gasteiger partial charge in [-0.1, -0.05) is 0 Å². The highest BCUT2D eigenvalue weighted by molar-refractivity contribution is 5.13. The van der Waals surface area contributed by atoms with Gasteiger partial charge in [0.2, 0.25) is 0 Å². The molecule has 0 unspecified atom stereocenters. The van der Waals surface area contributed by atoms with Gasteiger partial charge in [0.05, 0.1) is 12.3 Å². The van der Waals surface area contributed by atoms with Crippen LogP contribution in [0.3, 0.4) is 0 Å². The highest BCUT2D eigenvalue weighted by Gasteiger charge is 2.07. The lowest BCUT2D eigenvalue weighted by atomic mass is 10.4. The Hall–Kier alpha value is -2.37. The van der Waals surface area contributed by atoms with E-state index in [2.05, 4.69) is 9.97 Å². The number of nitrogens with one attached hydrogen (secondary N) is 2. The lowest BCUT2D eigenvalue weighted by Crippen LogP contribution is -2.36. The first-order valence-electron chi connectivity index (χ1n) is 4.19. The van der Waals surface area contributed by atoms with Gasteiger partial charge >= 0.3 is 5.69 Å². The predicted octanol–water partition coefficient (Wildman–Crippen LogP) is -0.955. The highest BCUT2D eigenvalue weighted by atomic mass is 16.3. The number of aromatic amines is 2. The fourth-order valence-corrected chi connectivity index (χ4v) is 1.21. The van der Waals surface area contributed by atoms with E-state index in [0.717, 1.165) is 0 Å². The number of pyridine rings is 1. The molecule has 0 saturated heterocycles. The number of aromatic nitrogens is 3.